The van der Waals surface area contributed by atoms with E-state index < -0.39 is 0 Å². The van der Waals surface area contributed by atoms with Gasteiger partial charge in [-0.2, -0.15) is 0 Å². The molecule has 0 saturated carbocycles. The number of benzene rings is 2. The number of amides is 1. The monoisotopic (exact) mass is 369 g/mol. The van der Waals surface area contributed by atoms with Gasteiger partial charge in [-0.15, -0.1) is 0 Å². The minimum atomic E-state index is -0.181. The topological polar surface area (TPSA) is 66.0 Å². The minimum Gasteiger partial charge on any atom is -0.490 e. The average molecular weight is 369 g/mol. The van der Waals surface area contributed by atoms with E-state index in [1.165, 1.54) is 6.08 Å². The summed E-state index contributed by atoms with van der Waals surface area (Å²) >= 11 is 0. The lowest BCUT2D eigenvalue weighted by atomic mass is 10.1. The van der Waals surface area contributed by atoms with Gasteiger partial charge in [0.1, 0.15) is 0 Å². The minimum absolute atomic E-state index is 0.181. The van der Waals surface area contributed by atoms with Gasteiger partial charge in [0, 0.05) is 12.6 Å². The van der Waals surface area contributed by atoms with Crippen molar-refractivity contribution in [3.8, 4) is 23.0 Å². The first-order valence-electron chi connectivity index (χ1n) is 8.93. The number of carbonyl (C=O) groups excluding carboxylic acids is 1. The molecule has 2 aromatic carbocycles. The lowest BCUT2D eigenvalue weighted by Crippen LogP contribution is -2.20. The number of rotatable bonds is 8. The fourth-order valence-electron chi connectivity index (χ4n) is 2.64. The van der Waals surface area contributed by atoms with Crippen molar-refractivity contribution < 1.29 is 23.7 Å². The fourth-order valence-corrected chi connectivity index (χ4v) is 2.64. The van der Waals surface area contributed by atoms with Gasteiger partial charge in [0.15, 0.2) is 23.0 Å². The zero-order valence-electron chi connectivity index (χ0n) is 15.5. The first-order valence-corrected chi connectivity index (χ1v) is 8.93. The molecule has 1 heterocycles. The van der Waals surface area contributed by atoms with Crippen LogP contribution in [0.3, 0.4) is 0 Å². The first kappa shape index (κ1) is 18.6. The van der Waals surface area contributed by atoms with Crippen molar-refractivity contribution in [2.24, 2.45) is 0 Å². The maximum absolute atomic E-state index is 12.1. The van der Waals surface area contributed by atoms with Crippen LogP contribution >= 0.6 is 0 Å². The fraction of sp³-hybridized carbons (Fsp3) is 0.286. The smallest absolute Gasteiger partial charge is 0.244 e. The molecule has 0 bridgehead atoms. The summed E-state index contributed by atoms with van der Waals surface area (Å²) in [6.07, 6.45) is 3.24. The van der Waals surface area contributed by atoms with E-state index in [1.807, 2.05) is 50.2 Å². The summed E-state index contributed by atoms with van der Waals surface area (Å²) in [6.45, 7) is 5.60. The molecule has 0 fully saturated rings. The van der Waals surface area contributed by atoms with Crippen LogP contribution in [0.2, 0.25) is 0 Å². The molecule has 3 rings (SSSR count). The van der Waals surface area contributed by atoms with Gasteiger partial charge in [-0.1, -0.05) is 12.1 Å². The first-order chi connectivity index (χ1) is 13.2. The van der Waals surface area contributed by atoms with Gasteiger partial charge in [-0.3, -0.25) is 4.79 Å². The predicted molar refractivity (Wildman–Crippen MR) is 102 cm³/mol. The van der Waals surface area contributed by atoms with Gasteiger partial charge in [0.05, 0.1) is 13.2 Å². The second-order valence-corrected chi connectivity index (χ2v) is 5.81. The van der Waals surface area contributed by atoms with Crippen LogP contribution in [-0.4, -0.2) is 25.9 Å². The third-order valence-corrected chi connectivity index (χ3v) is 3.90. The molecule has 0 saturated heterocycles. The van der Waals surface area contributed by atoms with Gasteiger partial charge in [-0.25, -0.2) is 0 Å². The molecule has 1 amide bonds. The zero-order valence-corrected chi connectivity index (χ0v) is 15.5. The summed E-state index contributed by atoms with van der Waals surface area (Å²) in [6, 6.07) is 11.2. The van der Waals surface area contributed by atoms with Gasteiger partial charge in [-0.05, 0) is 55.3 Å². The van der Waals surface area contributed by atoms with E-state index in [0.29, 0.717) is 37.0 Å². The zero-order chi connectivity index (χ0) is 19.1. The molecule has 0 aromatic heterocycles. The Kier molecular flexibility index (Phi) is 6.20. The van der Waals surface area contributed by atoms with Crippen molar-refractivity contribution in [3.05, 3.63) is 53.6 Å². The Morgan fingerprint density at radius 2 is 1.81 bits per heavy atom. The average Bonchev–Trinajstić information content (AvgIpc) is 3.14. The molecular formula is C21H23NO5. The SMILES string of the molecule is CCOc1ccc(/C=C/C(=O)NCc2ccc3c(c2)OCO3)cc1OCC. The Hall–Kier alpha value is -3.15. The molecule has 0 atom stereocenters. The molecule has 27 heavy (non-hydrogen) atoms. The highest BCUT2D eigenvalue weighted by Gasteiger charge is 2.13. The molecule has 142 valence electrons. The molecule has 0 aliphatic carbocycles. The number of carbonyl (C=O) groups is 1. The van der Waals surface area contributed by atoms with Crippen LogP contribution in [0, 0.1) is 0 Å². The molecule has 1 N–H and O–H groups in total. The highest BCUT2D eigenvalue weighted by molar-refractivity contribution is 5.91. The Morgan fingerprint density at radius 3 is 2.63 bits per heavy atom. The summed E-state index contributed by atoms with van der Waals surface area (Å²) < 4.78 is 21.8. The van der Waals surface area contributed by atoms with Crippen LogP contribution in [0.25, 0.3) is 6.08 Å². The van der Waals surface area contributed by atoms with Crippen molar-refractivity contribution in [1.29, 1.82) is 0 Å². The lowest BCUT2D eigenvalue weighted by molar-refractivity contribution is -0.116. The molecule has 0 spiro atoms. The number of fused-ring (bicyclic) bond motifs is 1. The molecule has 1 aliphatic rings. The third-order valence-electron chi connectivity index (χ3n) is 3.90. The molecule has 0 unspecified atom stereocenters. The standard InChI is InChI=1S/C21H23NO5/c1-3-24-17-8-5-15(11-19(17)25-4-2)7-10-21(23)22-13-16-6-9-18-20(12-16)27-14-26-18/h5-12H,3-4,13-14H2,1-2H3,(H,22,23)/b10-7+. The maximum atomic E-state index is 12.1. The van der Waals surface area contributed by atoms with Crippen LogP contribution in [0.4, 0.5) is 0 Å². The van der Waals surface area contributed by atoms with Crippen molar-refractivity contribution in [2.45, 2.75) is 20.4 Å². The second-order valence-electron chi connectivity index (χ2n) is 5.81. The maximum Gasteiger partial charge on any atom is 0.244 e. The number of nitrogens with one attached hydrogen (secondary N) is 1. The summed E-state index contributed by atoms with van der Waals surface area (Å²) in [5, 5.41) is 2.85. The highest BCUT2D eigenvalue weighted by Crippen LogP contribution is 2.32. The quantitative estimate of drug-likeness (QED) is 0.721. The summed E-state index contributed by atoms with van der Waals surface area (Å²) in [5.41, 5.74) is 1.81. The lowest BCUT2D eigenvalue weighted by Gasteiger charge is -2.11. The largest absolute Gasteiger partial charge is 0.490 e. The van der Waals surface area contributed by atoms with Crippen LogP contribution in [0.5, 0.6) is 23.0 Å². The van der Waals surface area contributed by atoms with Crippen molar-refractivity contribution in [1.82, 2.24) is 5.32 Å². The van der Waals surface area contributed by atoms with Crippen LogP contribution < -0.4 is 24.3 Å². The Morgan fingerprint density at radius 1 is 1.04 bits per heavy atom. The van der Waals surface area contributed by atoms with Crippen LogP contribution in [0.15, 0.2) is 42.5 Å². The van der Waals surface area contributed by atoms with Crippen molar-refractivity contribution in [3.63, 3.8) is 0 Å². The number of hydrogen-bond acceptors (Lipinski definition) is 5. The molecule has 2 aromatic rings. The van der Waals surface area contributed by atoms with E-state index in [2.05, 4.69) is 5.32 Å². The third kappa shape index (κ3) is 4.94. The Balaban J connectivity index is 1.58. The normalized spacial score (nSPS) is 12.2. The summed E-state index contributed by atoms with van der Waals surface area (Å²) in [5.74, 6) is 2.62. The number of ether oxygens (including phenoxy) is 4. The predicted octanol–water partition coefficient (Wildman–Crippen LogP) is 3.54. The van der Waals surface area contributed by atoms with Gasteiger partial charge in [0.2, 0.25) is 12.7 Å². The van der Waals surface area contributed by atoms with Crippen molar-refractivity contribution in [2.75, 3.05) is 20.0 Å². The van der Waals surface area contributed by atoms with Crippen LogP contribution in [0.1, 0.15) is 25.0 Å². The van der Waals surface area contributed by atoms with Crippen molar-refractivity contribution >= 4 is 12.0 Å². The molecule has 0 radical (unpaired) electrons. The van der Waals surface area contributed by atoms with Gasteiger partial charge < -0.3 is 24.3 Å². The highest BCUT2D eigenvalue weighted by atomic mass is 16.7. The van der Waals surface area contributed by atoms with Gasteiger partial charge in [0.25, 0.3) is 0 Å². The van der Waals surface area contributed by atoms with Crippen LogP contribution in [-0.2, 0) is 11.3 Å². The van der Waals surface area contributed by atoms with E-state index in [-0.39, 0.29) is 12.7 Å². The summed E-state index contributed by atoms with van der Waals surface area (Å²) in [7, 11) is 0. The molecule has 1 aliphatic heterocycles. The Bertz CT molecular complexity index is 831. The van der Waals surface area contributed by atoms with E-state index in [0.717, 1.165) is 16.9 Å². The van der Waals surface area contributed by atoms with E-state index in [9.17, 15) is 4.79 Å². The second kappa shape index (κ2) is 8.98. The number of hydrogen-bond donors (Lipinski definition) is 1. The summed E-state index contributed by atoms with van der Waals surface area (Å²) in [4.78, 5) is 12.1. The molecule has 6 nitrogen and oxygen atoms in total. The molecular weight excluding hydrogens is 346 g/mol. The van der Waals surface area contributed by atoms with E-state index >= 15 is 0 Å². The van der Waals surface area contributed by atoms with E-state index in [1.54, 1.807) is 6.08 Å². The van der Waals surface area contributed by atoms with Gasteiger partial charge >= 0.3 is 0 Å². The molecule has 6 heteroatoms. The van der Waals surface area contributed by atoms with E-state index in [4.69, 9.17) is 18.9 Å². The Labute approximate surface area is 158 Å².